The lowest BCUT2D eigenvalue weighted by molar-refractivity contribution is -0.160. The van der Waals surface area contributed by atoms with E-state index in [4.69, 9.17) is 5.73 Å². The van der Waals surface area contributed by atoms with Gasteiger partial charge in [0.05, 0.1) is 6.04 Å². The molecule has 0 aliphatic heterocycles. The summed E-state index contributed by atoms with van der Waals surface area (Å²) in [6.07, 6.45) is -0.503. The van der Waals surface area contributed by atoms with Crippen molar-refractivity contribution in [1.29, 1.82) is 0 Å². The van der Waals surface area contributed by atoms with Gasteiger partial charge in [0, 0.05) is 11.3 Å². The fraction of sp³-hybridized carbons (Fsp3) is 0.667. The molecule has 0 aromatic carbocycles. The fourth-order valence-corrected chi connectivity index (χ4v) is 7.19. The number of hydrazine groups is 1. The molecular formula is C21H25F3N4O4S. The number of nitrogens with zero attached hydrogens (tertiary/aromatic N) is 3. The number of anilines is 1. The number of carbonyl (C=O) groups is 2. The second-order valence-electron chi connectivity index (χ2n) is 9.97. The van der Waals surface area contributed by atoms with E-state index in [0.29, 0.717) is 36.5 Å². The average molecular weight is 487 g/mol. The molecule has 2 N–H and O–H groups in total. The molecule has 4 bridgehead atoms. The molecule has 1 aromatic rings. The lowest BCUT2D eigenvalue weighted by Gasteiger charge is -2.61. The molecule has 2 unspecified atom stereocenters. The molecule has 1 aromatic heterocycles. The molecule has 5 aliphatic carbocycles. The summed E-state index contributed by atoms with van der Waals surface area (Å²) in [7, 11) is -3.51. The summed E-state index contributed by atoms with van der Waals surface area (Å²) in [5.74, 6) is -1.66. The van der Waals surface area contributed by atoms with Gasteiger partial charge in [-0.3, -0.25) is 9.59 Å². The van der Waals surface area contributed by atoms with Crippen LogP contribution < -0.4 is 10.1 Å². The highest BCUT2D eigenvalue weighted by molar-refractivity contribution is 7.74. The van der Waals surface area contributed by atoms with Gasteiger partial charge in [0.15, 0.2) is 5.82 Å². The van der Waals surface area contributed by atoms with Crippen LogP contribution in [0, 0.1) is 29.1 Å². The standard InChI is InChI=1S/C21H25F3N4O4S/c22-21(23,24)15-2-1-3-16(26-15)28(33(31)32)27(18(29)12-4-5-12)17-13-6-11-7-14(17)10-20(8-11,9-13)19(25)30/h1-3,11-14,17,33H,4-10H2,(H2,25,30). The van der Waals surface area contributed by atoms with Crippen LogP contribution in [0.4, 0.5) is 19.0 Å². The molecule has 0 radical (unpaired) electrons. The van der Waals surface area contributed by atoms with Crippen molar-refractivity contribution in [1.82, 2.24) is 9.99 Å². The van der Waals surface area contributed by atoms with E-state index in [0.717, 1.165) is 36.0 Å². The molecule has 33 heavy (non-hydrogen) atoms. The Morgan fingerprint density at radius 3 is 2.24 bits per heavy atom. The van der Waals surface area contributed by atoms with E-state index < -0.39 is 45.9 Å². The number of hydrogen-bond donors (Lipinski definition) is 2. The van der Waals surface area contributed by atoms with E-state index >= 15 is 0 Å². The number of amides is 2. The number of halogens is 3. The first-order valence-electron chi connectivity index (χ1n) is 11.1. The summed E-state index contributed by atoms with van der Waals surface area (Å²) in [6.45, 7) is 0. The summed E-state index contributed by atoms with van der Waals surface area (Å²) < 4.78 is 65.3. The van der Waals surface area contributed by atoms with Crippen molar-refractivity contribution in [2.75, 3.05) is 4.41 Å². The van der Waals surface area contributed by atoms with Crippen LogP contribution in [0.25, 0.3) is 0 Å². The van der Waals surface area contributed by atoms with Gasteiger partial charge < -0.3 is 5.73 Å². The maximum atomic E-state index is 13.4. The third-order valence-corrected chi connectivity index (χ3v) is 8.48. The number of pyridine rings is 1. The lowest BCUT2D eigenvalue weighted by Crippen LogP contribution is -2.66. The minimum Gasteiger partial charge on any atom is -0.369 e. The minimum absolute atomic E-state index is 0.158. The van der Waals surface area contributed by atoms with E-state index in [2.05, 4.69) is 4.98 Å². The summed E-state index contributed by atoms with van der Waals surface area (Å²) in [5, 5.41) is 1.16. The quantitative estimate of drug-likeness (QED) is 0.473. The van der Waals surface area contributed by atoms with Crippen molar-refractivity contribution < 1.29 is 31.2 Å². The van der Waals surface area contributed by atoms with Crippen LogP contribution in [-0.2, 0) is 26.7 Å². The Balaban J connectivity index is 1.57. The molecule has 5 aliphatic rings. The Labute approximate surface area is 190 Å². The molecule has 0 saturated heterocycles. The first-order valence-corrected chi connectivity index (χ1v) is 12.2. The van der Waals surface area contributed by atoms with Crippen molar-refractivity contribution in [2.24, 2.45) is 34.8 Å². The largest absolute Gasteiger partial charge is 0.433 e. The van der Waals surface area contributed by atoms with Gasteiger partial charge in [0.25, 0.3) is 0 Å². The molecule has 2 atom stereocenters. The Hall–Kier alpha value is -2.37. The van der Waals surface area contributed by atoms with E-state index in [1.807, 2.05) is 0 Å². The van der Waals surface area contributed by atoms with E-state index in [-0.39, 0.29) is 29.6 Å². The summed E-state index contributed by atoms with van der Waals surface area (Å²) in [5.41, 5.74) is 3.85. The molecule has 6 rings (SSSR count). The highest BCUT2D eigenvalue weighted by atomic mass is 32.2. The van der Waals surface area contributed by atoms with Crippen LogP contribution in [0.3, 0.4) is 0 Å². The van der Waals surface area contributed by atoms with Crippen molar-refractivity contribution in [2.45, 2.75) is 57.2 Å². The number of hydrogen-bond acceptors (Lipinski definition) is 5. The topological polar surface area (TPSA) is 114 Å². The average Bonchev–Trinajstić information content (AvgIpc) is 3.56. The van der Waals surface area contributed by atoms with Crippen LogP contribution in [0.15, 0.2) is 18.2 Å². The Morgan fingerprint density at radius 2 is 1.73 bits per heavy atom. The summed E-state index contributed by atoms with van der Waals surface area (Å²) >= 11 is 0. The number of primary amides is 1. The number of nitrogens with two attached hydrogens (primary N) is 1. The molecule has 5 fully saturated rings. The smallest absolute Gasteiger partial charge is 0.369 e. The van der Waals surface area contributed by atoms with Gasteiger partial charge >= 0.3 is 6.18 Å². The SMILES string of the molecule is NC(=O)C12CC3CC(C1)C(N(C(=O)C1CC1)N(c1cccc(C(F)(F)F)n1)[SH](=O)=O)C(C3)C2. The van der Waals surface area contributed by atoms with Gasteiger partial charge in [-0.15, -0.1) is 0 Å². The predicted octanol–water partition coefficient (Wildman–Crippen LogP) is 2.27. The van der Waals surface area contributed by atoms with Gasteiger partial charge in [-0.25, -0.2) is 18.4 Å². The molecule has 1 heterocycles. The monoisotopic (exact) mass is 486 g/mol. The van der Waals surface area contributed by atoms with Crippen molar-refractivity contribution in [3.8, 4) is 0 Å². The fourth-order valence-electron chi connectivity index (χ4n) is 6.55. The Kier molecular flexibility index (Phi) is 5.15. The molecule has 180 valence electrons. The highest BCUT2D eigenvalue weighted by Gasteiger charge is 2.61. The molecule has 8 nitrogen and oxygen atoms in total. The van der Waals surface area contributed by atoms with Gasteiger partial charge in [-0.2, -0.15) is 17.6 Å². The maximum Gasteiger partial charge on any atom is 0.433 e. The third kappa shape index (κ3) is 3.75. The summed E-state index contributed by atoms with van der Waals surface area (Å²) in [4.78, 5) is 29.3. The lowest BCUT2D eigenvalue weighted by atomic mass is 9.47. The first-order chi connectivity index (χ1) is 15.5. The zero-order valence-electron chi connectivity index (χ0n) is 17.7. The van der Waals surface area contributed by atoms with E-state index in [1.165, 1.54) is 0 Å². The van der Waals surface area contributed by atoms with Gasteiger partial charge in [0.1, 0.15) is 5.69 Å². The second-order valence-corrected chi connectivity index (χ2v) is 10.8. The van der Waals surface area contributed by atoms with Crippen LogP contribution in [-0.4, -0.2) is 36.3 Å². The zero-order valence-corrected chi connectivity index (χ0v) is 18.6. The molecule has 5 saturated carbocycles. The van der Waals surface area contributed by atoms with Gasteiger partial charge in [-0.1, -0.05) is 6.07 Å². The molecule has 2 amide bonds. The number of alkyl halides is 3. The Bertz CT molecular complexity index is 1050. The Morgan fingerprint density at radius 1 is 1.09 bits per heavy atom. The summed E-state index contributed by atoms with van der Waals surface area (Å²) in [6, 6.07) is 2.46. The van der Waals surface area contributed by atoms with E-state index in [1.54, 1.807) is 0 Å². The third-order valence-electron chi connectivity index (χ3n) is 7.77. The zero-order chi connectivity index (χ0) is 23.7. The number of carbonyl (C=O) groups excluding carboxylic acids is 2. The van der Waals surface area contributed by atoms with Crippen LogP contribution >= 0.6 is 0 Å². The molecule has 12 heteroatoms. The van der Waals surface area contributed by atoms with Crippen LogP contribution in [0.1, 0.15) is 50.6 Å². The number of rotatable bonds is 6. The maximum absolute atomic E-state index is 13.4. The van der Waals surface area contributed by atoms with Crippen LogP contribution in [0.5, 0.6) is 0 Å². The highest BCUT2D eigenvalue weighted by Crippen LogP contribution is 2.61. The number of thiol groups is 1. The van der Waals surface area contributed by atoms with Crippen LogP contribution in [0.2, 0.25) is 0 Å². The van der Waals surface area contributed by atoms with Gasteiger partial charge in [0.2, 0.25) is 22.7 Å². The van der Waals surface area contributed by atoms with Crippen molar-refractivity contribution in [3.05, 3.63) is 23.9 Å². The first kappa shape index (κ1) is 22.4. The normalized spacial score (nSPS) is 32.7. The van der Waals surface area contributed by atoms with Crippen molar-refractivity contribution >= 4 is 28.5 Å². The van der Waals surface area contributed by atoms with E-state index in [9.17, 15) is 31.2 Å². The van der Waals surface area contributed by atoms with Crippen molar-refractivity contribution in [3.63, 3.8) is 0 Å². The predicted molar refractivity (Wildman–Crippen MR) is 111 cm³/mol. The number of aromatic nitrogens is 1. The van der Waals surface area contributed by atoms with Gasteiger partial charge in [-0.05, 0) is 74.8 Å². The molecule has 0 spiro atoms. The molecular weight excluding hydrogens is 461 g/mol. The second kappa shape index (κ2) is 7.57. The minimum atomic E-state index is -4.77.